The van der Waals surface area contributed by atoms with Crippen LogP contribution in [0, 0.1) is 6.92 Å². The molecule has 0 saturated carbocycles. The van der Waals surface area contributed by atoms with Gasteiger partial charge in [0.1, 0.15) is 0 Å². The van der Waals surface area contributed by atoms with Crippen molar-refractivity contribution in [1.82, 2.24) is 14.8 Å². The van der Waals surface area contributed by atoms with E-state index in [0.29, 0.717) is 12.4 Å². The minimum atomic E-state index is -3.85. The Kier molecular flexibility index (Phi) is 3.18. The summed E-state index contributed by atoms with van der Waals surface area (Å²) in [6.07, 6.45) is 0. The first-order valence-electron chi connectivity index (χ1n) is 5.46. The van der Waals surface area contributed by atoms with E-state index in [-0.39, 0.29) is 5.16 Å². The first kappa shape index (κ1) is 12.7. The van der Waals surface area contributed by atoms with Crippen LogP contribution in [0.5, 0.6) is 0 Å². The number of rotatable bonds is 3. The summed E-state index contributed by atoms with van der Waals surface area (Å²) in [5.41, 5.74) is 1.93. The largest absolute Gasteiger partial charge is 0.297 e. The van der Waals surface area contributed by atoms with Crippen LogP contribution in [0.2, 0.25) is 0 Å². The van der Waals surface area contributed by atoms with E-state index < -0.39 is 10.0 Å². The normalized spacial score (nSPS) is 11.7. The van der Waals surface area contributed by atoms with Crippen LogP contribution in [0.3, 0.4) is 0 Å². The summed E-state index contributed by atoms with van der Waals surface area (Å²) < 4.78 is 24.2. The van der Waals surface area contributed by atoms with Gasteiger partial charge in [-0.15, -0.1) is 10.2 Å². The zero-order chi connectivity index (χ0) is 13.3. The third-order valence-corrected chi connectivity index (χ3v) is 3.41. The van der Waals surface area contributed by atoms with Crippen LogP contribution in [0.25, 0.3) is 11.4 Å². The number of hydrogen-bond donors (Lipinski definition) is 1. The molecule has 0 saturated heterocycles. The molecule has 2 rings (SSSR count). The van der Waals surface area contributed by atoms with Gasteiger partial charge in [0, 0.05) is 12.1 Å². The summed E-state index contributed by atoms with van der Waals surface area (Å²) in [6, 6.07) is 7.61. The zero-order valence-corrected chi connectivity index (χ0v) is 11.0. The molecule has 6 nitrogen and oxygen atoms in total. The van der Waals surface area contributed by atoms with E-state index in [1.807, 2.05) is 38.1 Å². The third kappa shape index (κ3) is 2.27. The highest BCUT2D eigenvalue weighted by Crippen LogP contribution is 2.20. The molecule has 0 radical (unpaired) electrons. The van der Waals surface area contributed by atoms with Crippen molar-refractivity contribution in [3.05, 3.63) is 29.8 Å². The van der Waals surface area contributed by atoms with E-state index in [0.717, 1.165) is 11.1 Å². The molecule has 18 heavy (non-hydrogen) atoms. The summed E-state index contributed by atoms with van der Waals surface area (Å²) in [4.78, 5) is 0. The van der Waals surface area contributed by atoms with Crippen molar-refractivity contribution in [1.29, 1.82) is 0 Å². The second kappa shape index (κ2) is 4.51. The molecule has 0 amide bonds. The fourth-order valence-electron chi connectivity index (χ4n) is 1.70. The maximum absolute atomic E-state index is 11.4. The topological polar surface area (TPSA) is 90.9 Å². The van der Waals surface area contributed by atoms with Crippen molar-refractivity contribution in [2.24, 2.45) is 5.14 Å². The molecule has 0 aliphatic carbocycles. The predicted molar refractivity (Wildman–Crippen MR) is 67.2 cm³/mol. The lowest BCUT2D eigenvalue weighted by atomic mass is 10.1. The summed E-state index contributed by atoms with van der Waals surface area (Å²) in [6.45, 7) is 4.22. The predicted octanol–water partition coefficient (Wildman–Crippen LogP) is 0.921. The molecule has 0 atom stereocenters. The summed E-state index contributed by atoms with van der Waals surface area (Å²) in [5, 5.41) is 12.5. The molecule has 0 spiro atoms. The van der Waals surface area contributed by atoms with Gasteiger partial charge < -0.3 is 0 Å². The quantitative estimate of drug-likeness (QED) is 0.894. The van der Waals surface area contributed by atoms with Crippen LogP contribution in [-0.2, 0) is 16.6 Å². The van der Waals surface area contributed by atoms with Crippen molar-refractivity contribution < 1.29 is 8.42 Å². The average Bonchev–Trinajstić information content (AvgIpc) is 2.73. The monoisotopic (exact) mass is 266 g/mol. The molecular formula is C11H14N4O2S. The van der Waals surface area contributed by atoms with Crippen molar-refractivity contribution in [2.45, 2.75) is 25.5 Å². The van der Waals surface area contributed by atoms with Crippen molar-refractivity contribution in [3.8, 4) is 11.4 Å². The Morgan fingerprint density at radius 3 is 2.33 bits per heavy atom. The number of sulfonamides is 1. The van der Waals surface area contributed by atoms with Gasteiger partial charge in [0.05, 0.1) is 0 Å². The smallest absolute Gasteiger partial charge is 0.273 e. The molecule has 1 aromatic heterocycles. The van der Waals surface area contributed by atoms with Crippen LogP contribution >= 0.6 is 0 Å². The second-order valence-electron chi connectivity index (χ2n) is 3.96. The van der Waals surface area contributed by atoms with Gasteiger partial charge >= 0.3 is 0 Å². The molecule has 96 valence electrons. The van der Waals surface area contributed by atoms with Gasteiger partial charge in [0.25, 0.3) is 15.2 Å². The SMILES string of the molecule is CCn1c(-c2ccc(C)cc2)nnc1S(N)(=O)=O. The first-order valence-corrected chi connectivity index (χ1v) is 7.01. The Hall–Kier alpha value is -1.73. The minimum absolute atomic E-state index is 0.208. The third-order valence-electron chi connectivity index (χ3n) is 2.60. The molecule has 2 aromatic rings. The number of benzene rings is 1. The molecule has 1 aromatic carbocycles. The molecule has 2 N–H and O–H groups in total. The Bertz CT molecular complexity index is 659. The number of nitrogens with two attached hydrogens (primary N) is 1. The van der Waals surface area contributed by atoms with Gasteiger partial charge in [-0.2, -0.15) is 0 Å². The molecule has 0 aliphatic rings. The first-order chi connectivity index (χ1) is 8.43. The molecule has 0 unspecified atom stereocenters. The molecule has 0 aliphatic heterocycles. The number of nitrogens with zero attached hydrogens (tertiary/aromatic N) is 3. The maximum Gasteiger partial charge on any atom is 0.273 e. The van der Waals surface area contributed by atoms with Gasteiger partial charge in [0.15, 0.2) is 5.82 Å². The van der Waals surface area contributed by atoms with Gasteiger partial charge in [0.2, 0.25) is 0 Å². The fraction of sp³-hybridized carbons (Fsp3) is 0.273. The number of aromatic nitrogens is 3. The van der Waals surface area contributed by atoms with E-state index in [1.165, 1.54) is 4.57 Å². The molecule has 7 heteroatoms. The second-order valence-corrected chi connectivity index (χ2v) is 5.42. The van der Waals surface area contributed by atoms with E-state index in [1.54, 1.807) is 0 Å². The Morgan fingerprint density at radius 2 is 1.83 bits per heavy atom. The van der Waals surface area contributed by atoms with Gasteiger partial charge in [-0.25, -0.2) is 13.6 Å². The molecule has 0 fully saturated rings. The summed E-state index contributed by atoms with van der Waals surface area (Å²) >= 11 is 0. The van der Waals surface area contributed by atoms with Crippen molar-refractivity contribution >= 4 is 10.0 Å². The molecule has 0 bridgehead atoms. The Morgan fingerprint density at radius 1 is 1.22 bits per heavy atom. The van der Waals surface area contributed by atoms with Gasteiger partial charge in [-0.05, 0) is 13.8 Å². The van der Waals surface area contributed by atoms with E-state index in [4.69, 9.17) is 5.14 Å². The average molecular weight is 266 g/mol. The lowest BCUT2D eigenvalue weighted by Crippen LogP contribution is -2.18. The highest BCUT2D eigenvalue weighted by Gasteiger charge is 2.20. The van der Waals surface area contributed by atoms with Crippen molar-refractivity contribution in [2.75, 3.05) is 0 Å². The molecule has 1 heterocycles. The van der Waals surface area contributed by atoms with E-state index in [9.17, 15) is 8.42 Å². The van der Waals surface area contributed by atoms with Crippen LogP contribution in [0.1, 0.15) is 12.5 Å². The summed E-state index contributed by atoms with van der Waals surface area (Å²) in [5.74, 6) is 0.501. The Balaban J connectivity index is 2.59. The Labute approximate surface area is 106 Å². The lowest BCUT2D eigenvalue weighted by Gasteiger charge is -2.06. The number of hydrogen-bond acceptors (Lipinski definition) is 4. The van der Waals surface area contributed by atoms with Gasteiger partial charge in [-0.1, -0.05) is 29.8 Å². The van der Waals surface area contributed by atoms with E-state index in [2.05, 4.69) is 10.2 Å². The van der Waals surface area contributed by atoms with Gasteiger partial charge in [-0.3, -0.25) is 4.57 Å². The highest BCUT2D eigenvalue weighted by molar-refractivity contribution is 7.89. The summed E-state index contributed by atoms with van der Waals surface area (Å²) in [7, 11) is -3.85. The van der Waals surface area contributed by atoms with E-state index >= 15 is 0 Å². The standard InChI is InChI=1S/C11H14N4O2S/c1-3-15-10(9-6-4-8(2)5-7-9)13-14-11(15)18(12,16)17/h4-7H,3H2,1-2H3,(H2,12,16,17). The zero-order valence-electron chi connectivity index (χ0n) is 10.2. The maximum atomic E-state index is 11.4. The number of primary sulfonamides is 1. The fourth-order valence-corrected chi connectivity index (χ4v) is 2.38. The lowest BCUT2D eigenvalue weighted by molar-refractivity contribution is 0.571. The number of aryl methyl sites for hydroxylation is 1. The molecular weight excluding hydrogens is 252 g/mol. The van der Waals surface area contributed by atoms with Crippen LogP contribution in [0.15, 0.2) is 29.4 Å². The van der Waals surface area contributed by atoms with Crippen LogP contribution < -0.4 is 5.14 Å². The van der Waals surface area contributed by atoms with Crippen LogP contribution in [-0.4, -0.2) is 23.2 Å². The minimum Gasteiger partial charge on any atom is -0.297 e. The van der Waals surface area contributed by atoms with Crippen molar-refractivity contribution in [3.63, 3.8) is 0 Å². The highest BCUT2D eigenvalue weighted by atomic mass is 32.2. The van der Waals surface area contributed by atoms with Crippen LogP contribution in [0.4, 0.5) is 0 Å².